The first-order valence-electron chi connectivity index (χ1n) is 6.84. The highest BCUT2D eigenvalue weighted by Crippen LogP contribution is 2.27. The summed E-state index contributed by atoms with van der Waals surface area (Å²) in [6, 6.07) is 0. The maximum Gasteiger partial charge on any atom is 0.313 e. The third kappa shape index (κ3) is 5.17. The number of ether oxygens (including phenoxy) is 1. The number of thioether (sulfide) groups is 1. The van der Waals surface area contributed by atoms with Crippen molar-refractivity contribution in [3.63, 3.8) is 0 Å². The molecule has 0 bridgehead atoms. The van der Waals surface area contributed by atoms with E-state index in [1.165, 1.54) is 11.8 Å². The molecule has 0 amide bonds. The van der Waals surface area contributed by atoms with E-state index in [9.17, 15) is 4.79 Å². The van der Waals surface area contributed by atoms with Gasteiger partial charge in [-0.15, -0.1) is 0 Å². The monoisotopic (exact) mass is 300 g/mol. The molecule has 1 aromatic heterocycles. The molecule has 0 aliphatic carbocycles. The molecule has 0 saturated heterocycles. The van der Waals surface area contributed by atoms with Crippen molar-refractivity contribution in [3.8, 4) is 0 Å². The second kappa shape index (κ2) is 7.69. The van der Waals surface area contributed by atoms with Gasteiger partial charge in [-0.25, -0.2) is 4.98 Å². The van der Waals surface area contributed by atoms with E-state index in [0.29, 0.717) is 6.61 Å². The van der Waals surface area contributed by atoms with Gasteiger partial charge in [0.25, 0.3) is 0 Å². The summed E-state index contributed by atoms with van der Waals surface area (Å²) in [7, 11) is 0. The summed E-state index contributed by atoms with van der Waals surface area (Å²) in [6.45, 7) is 10.6. The van der Waals surface area contributed by atoms with Crippen LogP contribution in [0.3, 0.4) is 0 Å². The number of aromatic nitrogens is 2. The minimum atomic E-state index is -0.823. The van der Waals surface area contributed by atoms with Crippen LogP contribution in [0.4, 0.5) is 0 Å². The van der Waals surface area contributed by atoms with Crippen LogP contribution in [0, 0.1) is 0 Å². The van der Waals surface area contributed by atoms with E-state index in [4.69, 9.17) is 9.84 Å². The quantitative estimate of drug-likeness (QED) is 0.591. The number of nitrogens with zero attached hydrogens (tertiary/aromatic N) is 2. The van der Waals surface area contributed by atoms with E-state index >= 15 is 0 Å². The van der Waals surface area contributed by atoms with E-state index in [0.717, 1.165) is 30.4 Å². The molecule has 0 aliphatic heterocycles. The number of carboxylic acids is 1. The predicted octanol–water partition coefficient (Wildman–Crippen LogP) is 2.78. The summed E-state index contributed by atoms with van der Waals surface area (Å²) in [6.07, 6.45) is 2.75. The Morgan fingerprint density at radius 3 is 2.75 bits per heavy atom. The number of aliphatic carboxylic acids is 1. The van der Waals surface area contributed by atoms with Crippen LogP contribution in [0.2, 0.25) is 0 Å². The van der Waals surface area contributed by atoms with Crippen LogP contribution in [-0.4, -0.2) is 39.6 Å². The molecule has 6 heteroatoms. The molecule has 0 fully saturated rings. The lowest BCUT2D eigenvalue weighted by Gasteiger charge is -2.21. The Morgan fingerprint density at radius 1 is 1.50 bits per heavy atom. The first-order chi connectivity index (χ1) is 9.36. The molecular formula is C14H24N2O3S. The van der Waals surface area contributed by atoms with Gasteiger partial charge in [-0.3, -0.25) is 4.79 Å². The summed E-state index contributed by atoms with van der Waals surface area (Å²) in [5.41, 5.74) is 1.11. The molecule has 0 aliphatic rings. The van der Waals surface area contributed by atoms with E-state index in [1.807, 2.05) is 13.1 Å². The smallest absolute Gasteiger partial charge is 0.313 e. The van der Waals surface area contributed by atoms with Crippen molar-refractivity contribution in [2.45, 2.75) is 51.2 Å². The molecule has 114 valence electrons. The fourth-order valence-electron chi connectivity index (χ4n) is 1.88. The third-order valence-electron chi connectivity index (χ3n) is 2.79. The van der Waals surface area contributed by atoms with Crippen LogP contribution < -0.4 is 0 Å². The summed E-state index contributed by atoms with van der Waals surface area (Å²) < 4.78 is 7.48. The van der Waals surface area contributed by atoms with Crippen molar-refractivity contribution in [1.82, 2.24) is 9.55 Å². The van der Waals surface area contributed by atoms with E-state index in [1.54, 1.807) is 0 Å². The van der Waals surface area contributed by atoms with Crippen molar-refractivity contribution in [3.05, 3.63) is 11.9 Å². The minimum Gasteiger partial charge on any atom is -0.481 e. The summed E-state index contributed by atoms with van der Waals surface area (Å²) in [5.74, 6) is -0.789. The van der Waals surface area contributed by atoms with Crippen LogP contribution in [0.25, 0.3) is 0 Å². The molecule has 1 aromatic rings. The van der Waals surface area contributed by atoms with Crippen LogP contribution in [0.1, 0.15) is 39.8 Å². The first-order valence-corrected chi connectivity index (χ1v) is 7.83. The maximum absolute atomic E-state index is 10.7. The maximum atomic E-state index is 10.7. The molecule has 1 rings (SSSR count). The van der Waals surface area contributed by atoms with E-state index in [-0.39, 0.29) is 11.2 Å². The molecule has 0 unspecified atom stereocenters. The number of carboxylic acid groups (broad SMARTS) is 1. The number of rotatable bonds is 8. The molecule has 1 heterocycles. The van der Waals surface area contributed by atoms with Crippen LogP contribution in [0.5, 0.6) is 0 Å². The Labute approximate surface area is 124 Å². The molecular weight excluding hydrogens is 276 g/mol. The van der Waals surface area contributed by atoms with Gasteiger partial charge in [0, 0.05) is 37.1 Å². The molecule has 0 spiro atoms. The van der Waals surface area contributed by atoms with Crippen LogP contribution in [-0.2, 0) is 21.5 Å². The zero-order chi connectivity index (χ0) is 15.2. The number of imidazole rings is 1. The molecule has 5 nitrogen and oxygen atoms in total. The van der Waals surface area contributed by atoms with Crippen LogP contribution >= 0.6 is 11.8 Å². The van der Waals surface area contributed by atoms with Crippen LogP contribution in [0.15, 0.2) is 11.4 Å². The number of carbonyl (C=O) groups is 1. The molecule has 0 aromatic carbocycles. The van der Waals surface area contributed by atoms with Crippen molar-refractivity contribution >= 4 is 17.7 Å². The summed E-state index contributed by atoms with van der Waals surface area (Å²) in [5, 5.41) is 9.57. The average Bonchev–Trinajstić information content (AvgIpc) is 2.75. The summed E-state index contributed by atoms with van der Waals surface area (Å²) in [4.78, 5) is 15.1. The molecule has 1 N–H and O–H groups in total. The fourth-order valence-corrected chi connectivity index (χ4v) is 2.61. The van der Waals surface area contributed by atoms with E-state index < -0.39 is 5.97 Å². The molecule has 20 heavy (non-hydrogen) atoms. The number of hydrogen-bond donors (Lipinski definition) is 1. The van der Waals surface area contributed by atoms with Gasteiger partial charge >= 0.3 is 5.97 Å². The Balaban J connectivity index is 2.82. The highest BCUT2D eigenvalue weighted by molar-refractivity contribution is 7.99. The average molecular weight is 300 g/mol. The number of hydrogen-bond acceptors (Lipinski definition) is 4. The molecule has 0 saturated carbocycles. The molecule has 0 radical (unpaired) electrons. The second-order valence-electron chi connectivity index (χ2n) is 5.56. The standard InChI is InChI=1S/C14H24N2O3S/c1-5-19-8-6-7-16-11(14(2,3)4)9-15-13(16)20-10-12(17)18/h9H,5-8,10H2,1-4H3,(H,17,18). The van der Waals surface area contributed by atoms with Gasteiger partial charge in [0.15, 0.2) is 5.16 Å². The zero-order valence-corrected chi connectivity index (χ0v) is 13.5. The predicted molar refractivity (Wildman–Crippen MR) is 80.4 cm³/mol. The SMILES string of the molecule is CCOCCCn1c(C(C)(C)C)cnc1SCC(=O)O. The summed E-state index contributed by atoms with van der Waals surface area (Å²) >= 11 is 1.27. The van der Waals surface area contributed by atoms with Crippen molar-refractivity contribution < 1.29 is 14.6 Å². The van der Waals surface area contributed by atoms with Gasteiger partial charge in [0.2, 0.25) is 0 Å². The lowest BCUT2D eigenvalue weighted by Crippen LogP contribution is -2.19. The third-order valence-corrected chi connectivity index (χ3v) is 3.76. The van der Waals surface area contributed by atoms with Gasteiger partial charge in [-0.2, -0.15) is 0 Å². The first kappa shape index (κ1) is 17.0. The van der Waals surface area contributed by atoms with Gasteiger partial charge < -0.3 is 14.4 Å². The minimum absolute atomic E-state index is 0.0132. The Hall–Kier alpha value is -1.01. The Bertz CT molecular complexity index is 438. The highest BCUT2D eigenvalue weighted by Gasteiger charge is 2.22. The topological polar surface area (TPSA) is 64.4 Å². The Kier molecular flexibility index (Phi) is 6.55. The van der Waals surface area contributed by atoms with E-state index in [2.05, 4.69) is 30.3 Å². The molecule has 0 atom stereocenters. The Morgan fingerprint density at radius 2 is 2.20 bits per heavy atom. The largest absolute Gasteiger partial charge is 0.481 e. The normalized spacial score (nSPS) is 11.8. The second-order valence-corrected chi connectivity index (χ2v) is 6.50. The lowest BCUT2D eigenvalue weighted by molar-refractivity contribution is -0.133. The fraction of sp³-hybridized carbons (Fsp3) is 0.714. The van der Waals surface area contributed by atoms with Gasteiger partial charge in [-0.05, 0) is 13.3 Å². The zero-order valence-electron chi connectivity index (χ0n) is 12.7. The van der Waals surface area contributed by atoms with Crippen molar-refractivity contribution in [1.29, 1.82) is 0 Å². The lowest BCUT2D eigenvalue weighted by atomic mass is 9.92. The highest BCUT2D eigenvalue weighted by atomic mass is 32.2. The van der Waals surface area contributed by atoms with Gasteiger partial charge in [0.1, 0.15) is 0 Å². The van der Waals surface area contributed by atoms with Crippen molar-refractivity contribution in [2.24, 2.45) is 0 Å². The van der Waals surface area contributed by atoms with Crippen molar-refractivity contribution in [2.75, 3.05) is 19.0 Å². The van der Waals surface area contributed by atoms with Gasteiger partial charge in [-0.1, -0.05) is 32.5 Å². The van der Waals surface area contributed by atoms with Gasteiger partial charge in [0.05, 0.1) is 5.75 Å².